The molecule has 10 heteroatoms. The molecule has 0 fully saturated rings. The topological polar surface area (TPSA) is 84.5 Å². The Balaban J connectivity index is 1.85. The van der Waals surface area contributed by atoms with Gasteiger partial charge in [-0.1, -0.05) is 64.1 Å². The molecule has 0 aliphatic rings. The monoisotopic (exact) mass is 462 g/mol. The second-order valence-electron chi connectivity index (χ2n) is 5.60. The number of rotatable bonds is 6. The number of carbonyl (C=O) groups excluding carboxylic acids is 3. The first kappa shape index (κ1) is 22.3. The Morgan fingerprint density at radius 2 is 1.64 bits per heavy atom. The normalized spacial score (nSPS) is 10.3. The van der Waals surface area contributed by atoms with Gasteiger partial charge < -0.3 is 15.4 Å². The summed E-state index contributed by atoms with van der Waals surface area (Å²) < 4.78 is 4.81. The van der Waals surface area contributed by atoms with Crippen molar-refractivity contribution in [2.24, 2.45) is 0 Å². The fraction of sp³-hybridized carbons (Fsp3) is 0.167. The van der Waals surface area contributed by atoms with Gasteiger partial charge in [0.05, 0.1) is 25.8 Å². The molecule has 0 saturated carbocycles. The van der Waals surface area contributed by atoms with Crippen LogP contribution in [-0.2, 0) is 14.3 Å². The first-order valence-corrected chi connectivity index (χ1v) is 9.33. The molecule has 0 saturated heterocycles. The average Bonchev–Trinajstić information content (AvgIpc) is 2.66. The quantitative estimate of drug-likeness (QED) is 0.487. The Morgan fingerprint density at radius 1 is 1.00 bits per heavy atom. The molecular weight excluding hydrogens is 450 g/mol. The van der Waals surface area contributed by atoms with E-state index in [4.69, 9.17) is 51.1 Å². The van der Waals surface area contributed by atoms with E-state index in [0.29, 0.717) is 5.56 Å². The summed E-state index contributed by atoms with van der Waals surface area (Å²) in [6, 6.07) is 8.20. The zero-order valence-corrected chi connectivity index (χ0v) is 17.5. The van der Waals surface area contributed by atoms with Crippen molar-refractivity contribution < 1.29 is 19.1 Å². The number of benzene rings is 2. The predicted octanol–water partition coefficient (Wildman–Crippen LogP) is 4.52. The molecule has 0 unspecified atom stereocenters. The fourth-order valence-electron chi connectivity index (χ4n) is 2.10. The number of esters is 1. The van der Waals surface area contributed by atoms with Gasteiger partial charge >= 0.3 is 5.97 Å². The fourth-order valence-corrected chi connectivity index (χ4v) is 3.00. The van der Waals surface area contributed by atoms with Crippen LogP contribution in [0.5, 0.6) is 0 Å². The average molecular weight is 464 g/mol. The van der Waals surface area contributed by atoms with Gasteiger partial charge in [0.1, 0.15) is 6.54 Å². The van der Waals surface area contributed by atoms with Crippen LogP contribution in [0.1, 0.15) is 15.9 Å². The molecule has 0 aromatic heterocycles. The molecule has 0 aliphatic carbocycles. The van der Waals surface area contributed by atoms with Gasteiger partial charge in [-0.05, 0) is 25.1 Å². The van der Waals surface area contributed by atoms with Crippen molar-refractivity contribution in [1.29, 1.82) is 0 Å². The second kappa shape index (κ2) is 9.98. The van der Waals surface area contributed by atoms with Crippen LogP contribution in [-0.4, -0.2) is 30.9 Å². The molecule has 0 heterocycles. The van der Waals surface area contributed by atoms with Crippen LogP contribution in [0.2, 0.25) is 20.1 Å². The summed E-state index contributed by atoms with van der Waals surface area (Å²) in [5, 5.41) is 4.99. The lowest BCUT2D eigenvalue weighted by molar-refractivity contribution is -0.146. The van der Waals surface area contributed by atoms with Gasteiger partial charge in [-0.2, -0.15) is 0 Å². The van der Waals surface area contributed by atoms with Gasteiger partial charge in [0.25, 0.3) is 11.8 Å². The molecular formula is C18H14Cl4N2O4. The van der Waals surface area contributed by atoms with E-state index in [9.17, 15) is 14.4 Å². The van der Waals surface area contributed by atoms with Crippen LogP contribution in [0.15, 0.2) is 30.3 Å². The maximum Gasteiger partial charge on any atom is 0.325 e. The molecule has 6 nitrogen and oxygen atoms in total. The largest absolute Gasteiger partial charge is 0.454 e. The molecule has 0 aliphatic heterocycles. The minimum absolute atomic E-state index is 0.00108. The highest BCUT2D eigenvalue weighted by Gasteiger charge is 2.17. The first-order chi connectivity index (χ1) is 13.2. The number of hydrogen-bond donors (Lipinski definition) is 2. The highest BCUT2D eigenvalue weighted by atomic mass is 35.5. The maximum absolute atomic E-state index is 12.0. The van der Waals surface area contributed by atoms with E-state index >= 15 is 0 Å². The Morgan fingerprint density at radius 3 is 2.25 bits per heavy atom. The first-order valence-electron chi connectivity index (χ1n) is 7.82. The number of ether oxygens (including phenoxy) is 1. The standard InChI is InChI=1S/C18H14Cl4N2O4/c1-9-3-2-4-10(5-9)18(27)23-7-14(26)28-8-13(25)24-17-15(21)11(19)6-12(20)16(17)22/h2-6H,7-8H2,1H3,(H,23,27)(H,24,25). The highest BCUT2D eigenvalue weighted by molar-refractivity contribution is 6.50. The minimum Gasteiger partial charge on any atom is -0.454 e. The van der Waals surface area contributed by atoms with Crippen molar-refractivity contribution in [2.45, 2.75) is 6.92 Å². The van der Waals surface area contributed by atoms with Crippen LogP contribution >= 0.6 is 46.4 Å². The molecule has 0 atom stereocenters. The zero-order chi connectivity index (χ0) is 20.8. The van der Waals surface area contributed by atoms with Crippen LogP contribution in [0.4, 0.5) is 5.69 Å². The smallest absolute Gasteiger partial charge is 0.325 e. The maximum atomic E-state index is 12.0. The predicted molar refractivity (Wildman–Crippen MR) is 110 cm³/mol. The minimum atomic E-state index is -0.794. The Labute approximate surface area is 181 Å². The Bertz CT molecular complexity index is 908. The van der Waals surface area contributed by atoms with Gasteiger partial charge in [0.15, 0.2) is 6.61 Å². The Hall–Kier alpha value is -1.99. The summed E-state index contributed by atoms with van der Waals surface area (Å²) in [4.78, 5) is 35.7. The number of anilines is 1. The summed E-state index contributed by atoms with van der Waals surface area (Å²) in [6.45, 7) is 0.829. The van der Waals surface area contributed by atoms with Gasteiger partial charge in [-0.3, -0.25) is 14.4 Å². The van der Waals surface area contributed by atoms with E-state index in [-0.39, 0.29) is 25.8 Å². The van der Waals surface area contributed by atoms with Crippen LogP contribution in [0.25, 0.3) is 0 Å². The number of amides is 2. The van der Waals surface area contributed by atoms with Gasteiger partial charge in [-0.15, -0.1) is 0 Å². The highest BCUT2D eigenvalue weighted by Crippen LogP contribution is 2.40. The molecule has 2 aromatic carbocycles. The van der Waals surface area contributed by atoms with Crippen molar-refractivity contribution >= 4 is 69.9 Å². The number of nitrogens with one attached hydrogen (secondary N) is 2. The van der Waals surface area contributed by atoms with Crippen molar-refractivity contribution in [2.75, 3.05) is 18.5 Å². The van der Waals surface area contributed by atoms with Crippen LogP contribution in [0.3, 0.4) is 0 Å². The zero-order valence-electron chi connectivity index (χ0n) is 14.4. The lowest BCUT2D eigenvalue weighted by atomic mass is 10.1. The van der Waals surface area contributed by atoms with E-state index in [1.807, 2.05) is 13.0 Å². The van der Waals surface area contributed by atoms with E-state index < -0.39 is 30.9 Å². The molecule has 0 radical (unpaired) electrons. The second-order valence-corrected chi connectivity index (χ2v) is 7.17. The third-order valence-electron chi connectivity index (χ3n) is 3.41. The van der Waals surface area contributed by atoms with Gasteiger partial charge in [0.2, 0.25) is 0 Å². The summed E-state index contributed by atoms with van der Waals surface area (Å²) in [5.41, 5.74) is 1.33. The number of carbonyl (C=O) groups is 3. The van der Waals surface area contributed by atoms with Crippen molar-refractivity contribution in [3.05, 3.63) is 61.5 Å². The summed E-state index contributed by atoms with van der Waals surface area (Å²) in [6.07, 6.45) is 0. The third kappa shape index (κ3) is 6.01. The van der Waals surface area contributed by atoms with E-state index in [1.54, 1.807) is 18.2 Å². The van der Waals surface area contributed by atoms with E-state index in [2.05, 4.69) is 10.6 Å². The molecule has 2 amide bonds. The lowest BCUT2D eigenvalue weighted by Crippen LogP contribution is -2.32. The molecule has 2 N–H and O–H groups in total. The third-order valence-corrected chi connectivity index (χ3v) is 4.99. The molecule has 0 spiro atoms. The summed E-state index contributed by atoms with van der Waals surface area (Å²) >= 11 is 23.7. The SMILES string of the molecule is Cc1cccc(C(=O)NCC(=O)OCC(=O)Nc2c(Cl)c(Cl)cc(Cl)c2Cl)c1. The van der Waals surface area contributed by atoms with Gasteiger partial charge in [0, 0.05) is 5.56 Å². The molecule has 2 rings (SSSR count). The summed E-state index contributed by atoms with van der Waals surface area (Å²) in [5.74, 6) is -1.93. The van der Waals surface area contributed by atoms with Crippen molar-refractivity contribution in [1.82, 2.24) is 5.32 Å². The van der Waals surface area contributed by atoms with Crippen LogP contribution in [0, 0.1) is 6.92 Å². The lowest BCUT2D eigenvalue weighted by Gasteiger charge is -2.12. The van der Waals surface area contributed by atoms with E-state index in [0.717, 1.165) is 5.56 Å². The van der Waals surface area contributed by atoms with Crippen LogP contribution < -0.4 is 10.6 Å². The number of aryl methyl sites for hydroxylation is 1. The number of halogens is 4. The van der Waals surface area contributed by atoms with Gasteiger partial charge in [-0.25, -0.2) is 0 Å². The van der Waals surface area contributed by atoms with Crippen molar-refractivity contribution in [3.63, 3.8) is 0 Å². The van der Waals surface area contributed by atoms with E-state index in [1.165, 1.54) is 6.07 Å². The summed E-state index contributed by atoms with van der Waals surface area (Å²) in [7, 11) is 0. The van der Waals surface area contributed by atoms with Crippen molar-refractivity contribution in [3.8, 4) is 0 Å². The molecule has 148 valence electrons. The molecule has 28 heavy (non-hydrogen) atoms. The molecule has 0 bridgehead atoms. The number of hydrogen-bond acceptors (Lipinski definition) is 4. The molecule has 2 aromatic rings. The Kier molecular flexibility index (Phi) is 7.95.